The fraction of sp³-hybridized carbons (Fsp3) is 0.571. The third-order valence-electron chi connectivity index (χ3n) is 4.93. The highest BCUT2D eigenvalue weighted by atomic mass is 16.5. The van der Waals surface area contributed by atoms with E-state index in [0.29, 0.717) is 11.5 Å². The first kappa shape index (κ1) is 20.1. The van der Waals surface area contributed by atoms with Crippen LogP contribution >= 0.6 is 0 Å². The van der Waals surface area contributed by atoms with Crippen molar-refractivity contribution >= 4 is 23.2 Å². The molecule has 1 aliphatic carbocycles. The van der Waals surface area contributed by atoms with E-state index in [2.05, 4.69) is 5.32 Å². The zero-order valence-corrected chi connectivity index (χ0v) is 15.8. The van der Waals surface area contributed by atoms with Gasteiger partial charge in [-0.1, -0.05) is 25.7 Å². The van der Waals surface area contributed by atoms with Crippen molar-refractivity contribution in [1.82, 2.24) is 0 Å². The maximum atomic E-state index is 12.5. The molecule has 0 aliphatic heterocycles. The molecule has 1 aliphatic rings. The van der Waals surface area contributed by atoms with E-state index in [4.69, 9.17) is 4.74 Å². The van der Waals surface area contributed by atoms with Crippen LogP contribution in [0.4, 0.5) is 5.69 Å². The van der Waals surface area contributed by atoms with Crippen molar-refractivity contribution in [1.29, 1.82) is 0 Å². The lowest BCUT2D eigenvalue weighted by atomic mass is 9.94. The van der Waals surface area contributed by atoms with Crippen LogP contribution in [-0.4, -0.2) is 30.7 Å². The summed E-state index contributed by atoms with van der Waals surface area (Å²) in [7, 11) is 0. The Morgan fingerprint density at radius 1 is 1.08 bits per heavy atom. The molecule has 0 saturated heterocycles. The maximum Gasteiger partial charge on any atom is 0.324 e. The van der Waals surface area contributed by atoms with Crippen LogP contribution in [0.3, 0.4) is 0 Å². The van der Waals surface area contributed by atoms with E-state index < -0.39 is 23.5 Å². The summed E-state index contributed by atoms with van der Waals surface area (Å²) in [5, 5.41) is 3.43. The van der Waals surface area contributed by atoms with Crippen LogP contribution in [0.2, 0.25) is 0 Å². The third-order valence-corrected chi connectivity index (χ3v) is 4.93. The molecule has 0 spiro atoms. The number of ketones is 2. The van der Waals surface area contributed by atoms with Gasteiger partial charge in [-0.25, -0.2) is 0 Å². The highest BCUT2D eigenvalue weighted by molar-refractivity contribution is 6.22. The Labute approximate surface area is 155 Å². The molecule has 1 unspecified atom stereocenters. The van der Waals surface area contributed by atoms with Gasteiger partial charge in [0.15, 0.2) is 17.5 Å². The predicted octanol–water partition coefficient (Wildman–Crippen LogP) is 4.02. The molecular weight excluding hydrogens is 330 g/mol. The lowest BCUT2D eigenvalue weighted by Gasteiger charge is -2.16. The number of Topliss-reactive ketones (excluding diaryl/α,β-unsaturated/α-hetero) is 2. The fourth-order valence-corrected chi connectivity index (χ4v) is 3.43. The van der Waals surface area contributed by atoms with E-state index in [1.807, 2.05) is 12.1 Å². The van der Waals surface area contributed by atoms with Gasteiger partial charge in [0.2, 0.25) is 0 Å². The van der Waals surface area contributed by atoms with Gasteiger partial charge in [-0.15, -0.1) is 0 Å². The number of hydrogen-bond donors (Lipinski definition) is 1. The first-order valence-corrected chi connectivity index (χ1v) is 9.58. The van der Waals surface area contributed by atoms with Crippen LogP contribution in [-0.2, 0) is 14.3 Å². The number of carbonyl (C=O) groups excluding carboxylic acids is 3. The van der Waals surface area contributed by atoms with Crippen molar-refractivity contribution in [2.24, 2.45) is 11.8 Å². The molecule has 0 aromatic heterocycles. The van der Waals surface area contributed by atoms with Crippen LogP contribution in [0.15, 0.2) is 24.3 Å². The fourth-order valence-electron chi connectivity index (χ4n) is 3.43. The lowest BCUT2D eigenvalue weighted by molar-refractivity contribution is -0.148. The highest BCUT2D eigenvalue weighted by Gasteiger charge is 2.33. The minimum absolute atomic E-state index is 0.139. The van der Waals surface area contributed by atoms with Gasteiger partial charge < -0.3 is 10.1 Å². The quantitative estimate of drug-likeness (QED) is 0.328. The molecule has 142 valence electrons. The molecule has 1 fully saturated rings. The Morgan fingerprint density at radius 3 is 2.23 bits per heavy atom. The molecular formula is C21H29NO4. The van der Waals surface area contributed by atoms with Crippen LogP contribution in [0.5, 0.6) is 0 Å². The molecule has 0 heterocycles. The average molecular weight is 359 g/mol. The smallest absolute Gasteiger partial charge is 0.324 e. The number of rotatable bonds is 8. The van der Waals surface area contributed by atoms with E-state index in [1.54, 1.807) is 19.1 Å². The SMILES string of the molecule is CCOC(=O)C(C(C)=O)C(=O)c1ccc(NCC2CCCCCC2)cc1. The van der Waals surface area contributed by atoms with Crippen LogP contribution in [0, 0.1) is 11.8 Å². The average Bonchev–Trinajstić information content (AvgIpc) is 2.89. The Morgan fingerprint density at radius 2 is 1.69 bits per heavy atom. The van der Waals surface area contributed by atoms with Crippen molar-refractivity contribution in [3.8, 4) is 0 Å². The first-order valence-electron chi connectivity index (χ1n) is 9.58. The third kappa shape index (κ3) is 5.68. The van der Waals surface area contributed by atoms with Crippen molar-refractivity contribution in [3.05, 3.63) is 29.8 Å². The van der Waals surface area contributed by atoms with Gasteiger partial charge in [-0.2, -0.15) is 0 Å². The zero-order valence-electron chi connectivity index (χ0n) is 15.8. The predicted molar refractivity (Wildman–Crippen MR) is 101 cm³/mol. The molecule has 2 rings (SSSR count). The van der Waals surface area contributed by atoms with Crippen molar-refractivity contribution in [2.75, 3.05) is 18.5 Å². The minimum atomic E-state index is -1.38. The molecule has 1 aromatic carbocycles. The Kier molecular flexibility index (Phi) is 7.82. The Hall–Kier alpha value is -2.17. The zero-order chi connectivity index (χ0) is 18.9. The second-order valence-corrected chi connectivity index (χ2v) is 6.98. The number of esters is 1. The normalized spacial score (nSPS) is 16.4. The molecule has 0 radical (unpaired) electrons. The van der Waals surface area contributed by atoms with Gasteiger partial charge in [-0.3, -0.25) is 14.4 Å². The van der Waals surface area contributed by atoms with Gasteiger partial charge in [-0.05, 0) is 56.9 Å². The summed E-state index contributed by atoms with van der Waals surface area (Å²) < 4.78 is 4.85. The van der Waals surface area contributed by atoms with Gasteiger partial charge >= 0.3 is 5.97 Å². The maximum absolute atomic E-state index is 12.5. The summed E-state index contributed by atoms with van der Waals surface area (Å²) >= 11 is 0. The van der Waals surface area contributed by atoms with E-state index in [9.17, 15) is 14.4 Å². The molecule has 1 aromatic rings. The van der Waals surface area contributed by atoms with Gasteiger partial charge in [0.05, 0.1) is 6.61 Å². The number of nitrogens with one attached hydrogen (secondary N) is 1. The molecule has 1 atom stereocenters. The minimum Gasteiger partial charge on any atom is -0.465 e. The van der Waals surface area contributed by atoms with E-state index >= 15 is 0 Å². The summed E-state index contributed by atoms with van der Waals surface area (Å²) in [4.78, 5) is 36.1. The first-order chi connectivity index (χ1) is 12.5. The molecule has 5 nitrogen and oxygen atoms in total. The molecule has 0 amide bonds. The van der Waals surface area contributed by atoms with Crippen molar-refractivity contribution < 1.29 is 19.1 Å². The highest BCUT2D eigenvalue weighted by Crippen LogP contribution is 2.23. The number of ether oxygens (including phenoxy) is 1. The largest absolute Gasteiger partial charge is 0.465 e. The van der Waals surface area contributed by atoms with Crippen LogP contribution in [0.1, 0.15) is 62.7 Å². The molecule has 26 heavy (non-hydrogen) atoms. The second-order valence-electron chi connectivity index (χ2n) is 6.98. The summed E-state index contributed by atoms with van der Waals surface area (Å²) in [5.74, 6) is -2.46. The monoisotopic (exact) mass is 359 g/mol. The number of benzene rings is 1. The van der Waals surface area contributed by atoms with Gasteiger partial charge in [0, 0.05) is 17.8 Å². The van der Waals surface area contributed by atoms with Gasteiger partial charge in [0.1, 0.15) is 0 Å². The molecule has 0 bridgehead atoms. The topological polar surface area (TPSA) is 72.5 Å². The van der Waals surface area contributed by atoms with E-state index in [0.717, 1.165) is 12.2 Å². The van der Waals surface area contributed by atoms with E-state index in [1.165, 1.54) is 45.4 Å². The molecule has 5 heteroatoms. The van der Waals surface area contributed by atoms with Crippen LogP contribution in [0.25, 0.3) is 0 Å². The van der Waals surface area contributed by atoms with Crippen molar-refractivity contribution in [3.63, 3.8) is 0 Å². The number of anilines is 1. The van der Waals surface area contributed by atoms with Crippen molar-refractivity contribution in [2.45, 2.75) is 52.4 Å². The lowest BCUT2D eigenvalue weighted by Crippen LogP contribution is -2.32. The Bertz CT molecular complexity index is 615. The van der Waals surface area contributed by atoms with E-state index in [-0.39, 0.29) is 6.61 Å². The summed E-state index contributed by atoms with van der Waals surface area (Å²) in [6.07, 6.45) is 7.82. The summed E-state index contributed by atoms with van der Waals surface area (Å²) in [6, 6.07) is 6.97. The summed E-state index contributed by atoms with van der Waals surface area (Å²) in [5.41, 5.74) is 1.29. The molecule has 1 saturated carbocycles. The standard InChI is InChI=1S/C21H29NO4/c1-3-26-21(25)19(15(2)23)20(24)17-10-12-18(13-11-17)22-14-16-8-6-4-5-7-9-16/h10-13,16,19,22H,3-9,14H2,1-2H3. The number of carbonyl (C=O) groups is 3. The summed E-state index contributed by atoms with van der Waals surface area (Å²) in [6.45, 7) is 3.96. The second kappa shape index (κ2) is 10.1. The van der Waals surface area contributed by atoms with Gasteiger partial charge in [0.25, 0.3) is 0 Å². The number of hydrogen-bond acceptors (Lipinski definition) is 5. The van der Waals surface area contributed by atoms with Crippen LogP contribution < -0.4 is 5.32 Å². The Balaban J connectivity index is 1.97. The molecule has 1 N–H and O–H groups in total.